The van der Waals surface area contributed by atoms with E-state index in [2.05, 4.69) is 0 Å². The van der Waals surface area contributed by atoms with Gasteiger partial charge in [-0.15, -0.1) is 0 Å². The summed E-state index contributed by atoms with van der Waals surface area (Å²) in [7, 11) is 0. The summed E-state index contributed by atoms with van der Waals surface area (Å²) in [6.07, 6.45) is -6.00. The number of hydrogen-bond acceptors (Lipinski definition) is 5. The van der Waals surface area contributed by atoms with Gasteiger partial charge in [-0.05, 0) is 0 Å². The van der Waals surface area contributed by atoms with Crippen LogP contribution in [0.4, 0.5) is 14.4 Å². The molecule has 0 aromatic rings. The van der Waals surface area contributed by atoms with Crippen LogP contribution in [0, 0.1) is 0 Å². The van der Waals surface area contributed by atoms with Crippen LogP contribution < -0.4 is 10.2 Å². The monoisotopic (exact) mass is 208 g/mol. The normalized spacial score (nSPS) is 5.54. The van der Waals surface area contributed by atoms with Gasteiger partial charge in [0.15, 0.2) is 0 Å². The predicted octanol–water partition coefficient (Wildman–Crippen LogP) is -2.38. The minimum absolute atomic E-state index is 0. The van der Waals surface area contributed by atoms with Gasteiger partial charge in [-0.3, -0.25) is 0 Å². The first-order valence-electron chi connectivity index (χ1n) is 1.92. The molecule has 0 aliphatic carbocycles. The molecule has 0 radical (unpaired) electrons. The summed E-state index contributed by atoms with van der Waals surface area (Å²) in [5.74, 6) is 0. The molecule has 0 aromatic carbocycles. The Morgan fingerprint density at radius 1 is 0.769 bits per heavy atom. The largest absolute Gasteiger partial charge is 2.00 e. The molecule has 0 aliphatic rings. The van der Waals surface area contributed by atoms with Crippen LogP contribution in [0.15, 0.2) is 0 Å². The maximum Gasteiger partial charge on any atom is 2.00 e. The van der Waals surface area contributed by atoms with Gasteiger partial charge in [0.25, 0.3) is 0 Å². The molecule has 0 rings (SSSR count). The zero-order valence-corrected chi connectivity index (χ0v) is 7.45. The molecule has 0 bridgehead atoms. The Hall–Kier alpha value is -1.42. The van der Waals surface area contributed by atoms with Gasteiger partial charge >= 0.3 is 29.2 Å². The Labute approximate surface area is 87.0 Å². The summed E-state index contributed by atoms with van der Waals surface area (Å²) >= 11 is 0. The van der Waals surface area contributed by atoms with Crippen molar-refractivity contribution < 1.29 is 45.0 Å². The predicted molar refractivity (Wildman–Crippen MR) is 32.5 cm³/mol. The Bertz CT molecular complexity index is 112. The molecule has 0 saturated heterocycles. The summed E-state index contributed by atoms with van der Waals surface area (Å²) in [5, 5.41) is 44.6. The summed E-state index contributed by atoms with van der Waals surface area (Å²) in [5.41, 5.74) is 0. The van der Waals surface area contributed by atoms with E-state index in [1.54, 1.807) is 0 Å². The number of carboxylic acid groups (broad SMARTS) is 6. The van der Waals surface area contributed by atoms with Gasteiger partial charge in [-0.25, -0.2) is 4.79 Å². The van der Waals surface area contributed by atoms with Crippen molar-refractivity contribution in [2.75, 3.05) is 0 Å². The van der Waals surface area contributed by atoms with Crippen LogP contribution in [0.5, 0.6) is 0 Å². The van der Waals surface area contributed by atoms with Crippen LogP contribution in [0.3, 0.4) is 0 Å². The van der Waals surface area contributed by atoms with E-state index in [0.717, 1.165) is 0 Å². The summed E-state index contributed by atoms with van der Waals surface area (Å²) in [6, 6.07) is 0. The van der Waals surface area contributed by atoms with Crippen molar-refractivity contribution in [1.82, 2.24) is 0 Å². The van der Waals surface area contributed by atoms with Crippen LogP contribution in [0.25, 0.3) is 0 Å². The van der Waals surface area contributed by atoms with Gasteiger partial charge in [-0.2, -0.15) is 0 Å². The molecule has 0 unspecified atom stereocenters. The summed E-state index contributed by atoms with van der Waals surface area (Å²) < 4.78 is 0. The molecule has 0 amide bonds. The topological polar surface area (TPSA) is 178 Å². The van der Waals surface area contributed by atoms with Crippen molar-refractivity contribution in [3.05, 3.63) is 0 Å². The van der Waals surface area contributed by atoms with Gasteiger partial charge in [0.2, 0.25) is 12.3 Å². The second kappa shape index (κ2) is 16.9. The van der Waals surface area contributed by atoms with Gasteiger partial charge in [0.05, 0.1) is 0 Å². The minimum Gasteiger partial charge on any atom is -0.565 e. The molecule has 0 saturated carbocycles. The smallest absolute Gasteiger partial charge is 0.565 e. The van der Waals surface area contributed by atoms with Gasteiger partial charge in [0, 0.05) is 0 Å². The average molecular weight is 208 g/mol. The minimum atomic E-state index is -2.08. The van der Waals surface area contributed by atoms with E-state index in [1.165, 1.54) is 0 Å². The van der Waals surface area contributed by atoms with Crippen molar-refractivity contribution in [2.24, 2.45) is 0 Å². The molecule has 0 spiro atoms. The molecule has 0 atom stereocenters. The Balaban J connectivity index is -0.0000000450. The van der Waals surface area contributed by atoms with E-state index in [4.69, 9.17) is 45.0 Å². The molecule has 9 nitrogen and oxygen atoms in total. The molecule has 0 aromatic heterocycles. The van der Waals surface area contributed by atoms with Crippen LogP contribution in [-0.2, 0) is 0 Å². The third kappa shape index (κ3) is 384. The van der Waals surface area contributed by atoms with Crippen molar-refractivity contribution in [1.29, 1.82) is 0 Å². The van der Waals surface area contributed by atoms with Gasteiger partial charge in [0.1, 0.15) is 0 Å². The maximum atomic E-state index is 8.56. The molecule has 0 heterocycles. The maximum absolute atomic E-state index is 8.56. The Kier molecular flexibility index (Phi) is 29.3. The van der Waals surface area contributed by atoms with Crippen LogP contribution in [-0.4, -0.2) is 61.9 Å². The zero-order valence-electron chi connectivity index (χ0n) is 6.04. The third-order valence-electron chi connectivity index (χ3n) is 0. The molecule has 0 fully saturated rings. The van der Waals surface area contributed by atoms with Crippen LogP contribution in [0.1, 0.15) is 0 Å². The molecule has 10 heteroatoms. The molecule has 0 aliphatic heterocycles. The standard InChI is InChI=1S/3CH2O3.Mg/c3*2-1(3)4;/h3*(H2,2,3,4);/q;;;+2/p-2. The fraction of sp³-hybridized carbons (Fsp3) is 0. The summed E-state index contributed by atoms with van der Waals surface area (Å²) in [6.45, 7) is 0. The van der Waals surface area contributed by atoms with E-state index in [1.807, 2.05) is 0 Å². The Morgan fingerprint density at radius 2 is 0.769 bits per heavy atom. The number of hydrogen-bond donors (Lipinski definition) is 4. The first kappa shape index (κ1) is 22.6. The molecule has 13 heavy (non-hydrogen) atoms. The van der Waals surface area contributed by atoms with Gasteiger partial charge < -0.3 is 40.2 Å². The van der Waals surface area contributed by atoms with E-state index >= 15 is 0 Å². The van der Waals surface area contributed by atoms with E-state index < -0.39 is 18.5 Å². The second-order valence-corrected chi connectivity index (χ2v) is 0.814. The quantitative estimate of drug-likeness (QED) is 0.316. The van der Waals surface area contributed by atoms with E-state index in [9.17, 15) is 0 Å². The van der Waals surface area contributed by atoms with Crippen molar-refractivity contribution in [3.63, 3.8) is 0 Å². The zero-order chi connectivity index (χ0) is 10.7. The van der Waals surface area contributed by atoms with Crippen LogP contribution in [0.2, 0.25) is 0 Å². The van der Waals surface area contributed by atoms with Gasteiger partial charge in [-0.1, -0.05) is 0 Å². The molecular weight excluding hydrogens is 204 g/mol. The van der Waals surface area contributed by atoms with Crippen LogP contribution >= 0.6 is 0 Å². The fourth-order valence-corrected chi connectivity index (χ4v) is 0. The fourth-order valence-electron chi connectivity index (χ4n) is 0. The van der Waals surface area contributed by atoms with Crippen molar-refractivity contribution >= 4 is 41.5 Å². The number of rotatable bonds is 0. The molecule has 72 valence electrons. The van der Waals surface area contributed by atoms with Crippen molar-refractivity contribution in [2.45, 2.75) is 0 Å². The SMILES string of the molecule is O=C(O)O.O=C([O-])O.O=C([O-])O.[Mg+2]. The first-order chi connectivity index (χ1) is 5.20. The second-order valence-electron chi connectivity index (χ2n) is 0.814. The Morgan fingerprint density at radius 3 is 0.769 bits per heavy atom. The first-order valence-corrected chi connectivity index (χ1v) is 1.92. The summed E-state index contributed by atoms with van der Waals surface area (Å²) in [4.78, 5) is 25.4. The molecule has 4 N–H and O–H groups in total. The van der Waals surface area contributed by atoms with E-state index in [0.29, 0.717) is 0 Å². The molecular formula is C3H4MgO9. The van der Waals surface area contributed by atoms with Crippen molar-refractivity contribution in [3.8, 4) is 0 Å². The average Bonchev–Trinajstić information content (AvgIpc) is 1.54. The van der Waals surface area contributed by atoms with E-state index in [-0.39, 0.29) is 23.1 Å². The third-order valence-corrected chi connectivity index (χ3v) is 0. The number of carbonyl (C=O) groups is 3.